The van der Waals surface area contributed by atoms with Gasteiger partial charge in [-0.05, 0) is 30.3 Å². The van der Waals surface area contributed by atoms with Gasteiger partial charge in [-0.2, -0.15) is 0 Å². The molecular weight excluding hydrogens is 370 g/mol. The van der Waals surface area contributed by atoms with Crippen molar-refractivity contribution in [3.05, 3.63) is 42.0 Å². The van der Waals surface area contributed by atoms with Gasteiger partial charge in [-0.1, -0.05) is 0 Å². The quantitative estimate of drug-likeness (QED) is 0.760. The molecule has 0 bridgehead atoms. The zero-order chi connectivity index (χ0) is 20.2. The fourth-order valence-electron chi connectivity index (χ4n) is 3.61. The highest BCUT2D eigenvalue weighted by atomic mass is 16.5. The number of nitrogens with zero attached hydrogens (tertiary/aromatic N) is 5. The van der Waals surface area contributed by atoms with Crippen LogP contribution in [0.15, 0.2) is 36.4 Å². The van der Waals surface area contributed by atoms with Gasteiger partial charge in [-0.25, -0.2) is 0 Å². The maximum atomic E-state index is 12.9. The van der Waals surface area contributed by atoms with Crippen LogP contribution in [0.4, 0.5) is 11.5 Å². The number of hydrogen-bond donors (Lipinski definition) is 0. The van der Waals surface area contributed by atoms with E-state index in [2.05, 4.69) is 15.1 Å². The zero-order valence-electron chi connectivity index (χ0n) is 17.0. The molecule has 2 fully saturated rings. The number of likely N-dealkylation sites (tertiary alicyclic amines) is 1. The minimum atomic E-state index is -0.0638. The van der Waals surface area contributed by atoms with E-state index in [1.807, 2.05) is 60.3 Å². The summed E-state index contributed by atoms with van der Waals surface area (Å²) >= 11 is 0. The van der Waals surface area contributed by atoms with Crippen molar-refractivity contribution in [1.29, 1.82) is 0 Å². The Bertz CT molecular complexity index is 819. The van der Waals surface area contributed by atoms with Crippen molar-refractivity contribution in [3.63, 3.8) is 0 Å². The molecular formula is C21H27N5O3. The van der Waals surface area contributed by atoms with Crippen molar-refractivity contribution >= 4 is 17.4 Å². The number of benzene rings is 1. The van der Waals surface area contributed by atoms with Gasteiger partial charge >= 0.3 is 0 Å². The molecule has 0 aliphatic carbocycles. The van der Waals surface area contributed by atoms with Gasteiger partial charge in [0.25, 0.3) is 5.91 Å². The van der Waals surface area contributed by atoms with Crippen molar-refractivity contribution in [3.8, 4) is 5.88 Å². The molecule has 154 valence electrons. The largest absolute Gasteiger partial charge is 0.471 e. The molecule has 4 rings (SSSR count). The third-order valence-electron chi connectivity index (χ3n) is 5.29. The van der Waals surface area contributed by atoms with E-state index >= 15 is 0 Å². The highest BCUT2D eigenvalue weighted by Crippen LogP contribution is 2.21. The Morgan fingerprint density at radius 1 is 1.07 bits per heavy atom. The van der Waals surface area contributed by atoms with Crippen LogP contribution in [-0.2, 0) is 4.74 Å². The molecule has 1 aromatic carbocycles. The van der Waals surface area contributed by atoms with Gasteiger partial charge in [0.15, 0.2) is 5.82 Å². The molecule has 0 radical (unpaired) electrons. The minimum absolute atomic E-state index is 0.0404. The van der Waals surface area contributed by atoms with E-state index in [9.17, 15) is 4.79 Å². The van der Waals surface area contributed by atoms with E-state index in [1.54, 1.807) is 0 Å². The van der Waals surface area contributed by atoms with Gasteiger partial charge in [0.05, 0.1) is 19.8 Å². The third-order valence-corrected chi connectivity index (χ3v) is 5.29. The van der Waals surface area contributed by atoms with Gasteiger partial charge in [-0.3, -0.25) is 4.79 Å². The van der Waals surface area contributed by atoms with Gasteiger partial charge in [0, 0.05) is 57.5 Å². The summed E-state index contributed by atoms with van der Waals surface area (Å²) < 4.78 is 11.3. The molecule has 3 heterocycles. The molecule has 1 aromatic heterocycles. The topological polar surface area (TPSA) is 71.0 Å². The van der Waals surface area contributed by atoms with Crippen LogP contribution in [0.25, 0.3) is 0 Å². The normalized spacial score (nSPS) is 19.3. The van der Waals surface area contributed by atoms with Crippen LogP contribution < -0.4 is 14.5 Å². The number of carbonyl (C=O) groups is 1. The second-order valence-electron chi connectivity index (χ2n) is 7.55. The maximum absolute atomic E-state index is 12.9. The Morgan fingerprint density at radius 3 is 2.48 bits per heavy atom. The molecule has 2 saturated heterocycles. The summed E-state index contributed by atoms with van der Waals surface area (Å²) in [6.45, 7) is 4.50. The number of aromatic nitrogens is 2. The standard InChI is InChI=1S/C21H27N5O3/c1-24(2)19-7-8-20(23-22-19)29-18-9-10-26(15-18)21(27)16-3-5-17(6-4-16)25-11-13-28-14-12-25/h3-8,18H,9-15H2,1-2H3/t18-/m0/s1. The lowest BCUT2D eigenvalue weighted by Crippen LogP contribution is -2.36. The van der Waals surface area contributed by atoms with Crippen LogP contribution in [0, 0.1) is 0 Å². The molecule has 0 N–H and O–H groups in total. The van der Waals surface area contributed by atoms with Crippen LogP contribution >= 0.6 is 0 Å². The predicted octanol–water partition coefficient (Wildman–Crippen LogP) is 1.67. The van der Waals surface area contributed by atoms with E-state index in [-0.39, 0.29) is 12.0 Å². The first-order valence-electron chi connectivity index (χ1n) is 10.00. The summed E-state index contributed by atoms with van der Waals surface area (Å²) in [6, 6.07) is 11.5. The summed E-state index contributed by atoms with van der Waals surface area (Å²) in [4.78, 5) is 18.9. The van der Waals surface area contributed by atoms with Gasteiger partial charge in [0.1, 0.15) is 6.10 Å². The highest BCUT2D eigenvalue weighted by Gasteiger charge is 2.28. The molecule has 0 saturated carbocycles. The summed E-state index contributed by atoms with van der Waals surface area (Å²) in [5.41, 5.74) is 1.84. The lowest BCUT2D eigenvalue weighted by Gasteiger charge is -2.29. The first kappa shape index (κ1) is 19.4. The van der Waals surface area contributed by atoms with Crippen molar-refractivity contribution in [2.75, 3.05) is 63.3 Å². The SMILES string of the molecule is CN(C)c1ccc(O[C@H]2CCN(C(=O)c3ccc(N4CCOCC4)cc3)C2)nn1. The Kier molecular flexibility index (Phi) is 5.80. The molecule has 0 unspecified atom stereocenters. The zero-order valence-corrected chi connectivity index (χ0v) is 17.0. The summed E-state index contributed by atoms with van der Waals surface area (Å²) in [7, 11) is 3.83. The van der Waals surface area contributed by atoms with Crippen molar-refractivity contribution in [2.24, 2.45) is 0 Å². The van der Waals surface area contributed by atoms with Crippen LogP contribution in [0.2, 0.25) is 0 Å². The molecule has 1 atom stereocenters. The minimum Gasteiger partial charge on any atom is -0.471 e. The third kappa shape index (κ3) is 4.59. The van der Waals surface area contributed by atoms with Crippen LogP contribution in [-0.4, -0.2) is 80.6 Å². The molecule has 8 heteroatoms. The van der Waals surface area contributed by atoms with Gasteiger partial charge < -0.3 is 24.2 Å². The fourth-order valence-corrected chi connectivity index (χ4v) is 3.61. The van der Waals surface area contributed by atoms with E-state index in [1.165, 1.54) is 0 Å². The van der Waals surface area contributed by atoms with Crippen molar-refractivity contribution in [1.82, 2.24) is 15.1 Å². The molecule has 2 aliphatic heterocycles. The Labute approximate surface area is 171 Å². The smallest absolute Gasteiger partial charge is 0.253 e. The first-order valence-corrected chi connectivity index (χ1v) is 10.00. The first-order chi connectivity index (χ1) is 14.1. The molecule has 29 heavy (non-hydrogen) atoms. The van der Waals surface area contributed by atoms with Crippen LogP contribution in [0.5, 0.6) is 5.88 Å². The Hall–Kier alpha value is -2.87. The number of anilines is 2. The van der Waals surface area contributed by atoms with E-state index < -0.39 is 0 Å². The van der Waals surface area contributed by atoms with Crippen LogP contribution in [0.1, 0.15) is 16.8 Å². The fraction of sp³-hybridized carbons (Fsp3) is 0.476. The monoisotopic (exact) mass is 397 g/mol. The summed E-state index contributed by atoms with van der Waals surface area (Å²) in [6.07, 6.45) is 0.723. The highest BCUT2D eigenvalue weighted by molar-refractivity contribution is 5.94. The molecule has 1 amide bonds. The molecule has 8 nitrogen and oxygen atoms in total. The van der Waals surface area contributed by atoms with Crippen molar-refractivity contribution in [2.45, 2.75) is 12.5 Å². The summed E-state index contributed by atoms with van der Waals surface area (Å²) in [5.74, 6) is 1.31. The lowest BCUT2D eigenvalue weighted by molar-refractivity contribution is 0.0771. The lowest BCUT2D eigenvalue weighted by atomic mass is 10.1. The Morgan fingerprint density at radius 2 is 1.83 bits per heavy atom. The van der Waals surface area contributed by atoms with Gasteiger partial charge in [0.2, 0.25) is 5.88 Å². The number of rotatable bonds is 5. The molecule has 0 spiro atoms. The summed E-state index contributed by atoms with van der Waals surface area (Å²) in [5, 5.41) is 8.24. The van der Waals surface area contributed by atoms with Crippen LogP contribution in [0.3, 0.4) is 0 Å². The van der Waals surface area contributed by atoms with Crippen molar-refractivity contribution < 1.29 is 14.3 Å². The van der Waals surface area contributed by atoms with Gasteiger partial charge in [-0.15, -0.1) is 10.2 Å². The second-order valence-corrected chi connectivity index (χ2v) is 7.55. The average Bonchev–Trinajstić information content (AvgIpc) is 3.23. The van der Waals surface area contributed by atoms with E-state index in [0.29, 0.717) is 24.5 Å². The molecule has 2 aliphatic rings. The predicted molar refractivity (Wildman–Crippen MR) is 111 cm³/mol. The number of carbonyl (C=O) groups excluding carboxylic acids is 1. The van der Waals surface area contributed by atoms with E-state index in [4.69, 9.17) is 9.47 Å². The second kappa shape index (κ2) is 8.65. The molecule has 2 aromatic rings. The average molecular weight is 397 g/mol. The number of amides is 1. The Balaban J connectivity index is 1.33. The number of ether oxygens (including phenoxy) is 2. The van der Waals surface area contributed by atoms with E-state index in [0.717, 1.165) is 44.2 Å². The number of hydrogen-bond acceptors (Lipinski definition) is 7. The maximum Gasteiger partial charge on any atom is 0.253 e. The number of morpholine rings is 1.